The molecule has 0 aromatic carbocycles. The molecule has 5 heteroatoms. The van der Waals surface area contributed by atoms with E-state index in [1.54, 1.807) is 4.90 Å². The van der Waals surface area contributed by atoms with E-state index in [1.165, 1.54) is 0 Å². The van der Waals surface area contributed by atoms with Crippen molar-refractivity contribution in [3.05, 3.63) is 0 Å². The fourth-order valence-electron chi connectivity index (χ4n) is 2.83. The number of hydrogen-bond donors (Lipinski definition) is 2. The minimum atomic E-state index is -0.868. The van der Waals surface area contributed by atoms with Crippen LogP contribution in [-0.4, -0.2) is 45.7 Å². The molecule has 1 saturated heterocycles. The highest BCUT2D eigenvalue weighted by Gasteiger charge is 2.47. The second-order valence-electron chi connectivity index (χ2n) is 5.25. The zero-order chi connectivity index (χ0) is 12.6. The van der Waals surface area contributed by atoms with E-state index in [0.29, 0.717) is 32.4 Å². The smallest absolute Gasteiger partial charge is 0.307 e. The molecular formula is C12H19NO4. The third-order valence-electron chi connectivity index (χ3n) is 4.09. The van der Waals surface area contributed by atoms with E-state index < -0.39 is 17.5 Å². The number of aliphatic carboxylic acids is 1. The van der Waals surface area contributed by atoms with Crippen LogP contribution in [0.5, 0.6) is 0 Å². The van der Waals surface area contributed by atoms with Gasteiger partial charge in [0.05, 0.1) is 30.5 Å². The molecule has 5 nitrogen and oxygen atoms in total. The molecule has 1 aliphatic heterocycles. The van der Waals surface area contributed by atoms with Gasteiger partial charge in [-0.05, 0) is 19.3 Å². The van der Waals surface area contributed by atoms with Crippen LogP contribution in [0.15, 0.2) is 0 Å². The lowest BCUT2D eigenvalue weighted by atomic mass is 9.87. The highest BCUT2D eigenvalue weighted by molar-refractivity contribution is 5.86. The number of carboxylic acids is 1. The summed E-state index contributed by atoms with van der Waals surface area (Å²) < 4.78 is 0. The van der Waals surface area contributed by atoms with Crippen LogP contribution in [0.2, 0.25) is 0 Å². The number of hydrogen-bond acceptors (Lipinski definition) is 3. The Morgan fingerprint density at radius 1 is 1.29 bits per heavy atom. The van der Waals surface area contributed by atoms with E-state index in [0.717, 1.165) is 6.42 Å². The fraction of sp³-hybridized carbons (Fsp3) is 0.833. The van der Waals surface area contributed by atoms with Crippen molar-refractivity contribution in [1.82, 2.24) is 4.90 Å². The van der Waals surface area contributed by atoms with E-state index in [1.807, 2.05) is 6.92 Å². The summed E-state index contributed by atoms with van der Waals surface area (Å²) in [6.45, 7) is 2.59. The second kappa shape index (κ2) is 4.29. The van der Waals surface area contributed by atoms with Gasteiger partial charge in [-0.15, -0.1) is 0 Å². The molecule has 1 saturated carbocycles. The van der Waals surface area contributed by atoms with Crippen LogP contribution in [0.3, 0.4) is 0 Å². The van der Waals surface area contributed by atoms with Gasteiger partial charge < -0.3 is 15.1 Å². The minimum Gasteiger partial charge on any atom is -0.481 e. The van der Waals surface area contributed by atoms with E-state index in [2.05, 4.69) is 0 Å². The van der Waals surface area contributed by atoms with Gasteiger partial charge in [0.2, 0.25) is 5.91 Å². The van der Waals surface area contributed by atoms with Gasteiger partial charge in [-0.3, -0.25) is 9.59 Å². The lowest BCUT2D eigenvalue weighted by Crippen LogP contribution is -2.64. The standard InChI is InChI=1S/C12H19NO4/c1-2-12(17)6-13(7-12)10(14)8-4-3-5-9(8)11(15)16/h8-9,17H,2-7H2,1H3,(H,15,16)/t8-,9+/m1/s1. The molecule has 2 atom stereocenters. The average molecular weight is 241 g/mol. The molecule has 17 heavy (non-hydrogen) atoms. The summed E-state index contributed by atoms with van der Waals surface area (Å²) >= 11 is 0. The van der Waals surface area contributed by atoms with Crippen LogP contribution in [0.25, 0.3) is 0 Å². The van der Waals surface area contributed by atoms with Crippen LogP contribution < -0.4 is 0 Å². The van der Waals surface area contributed by atoms with E-state index in [9.17, 15) is 14.7 Å². The van der Waals surface area contributed by atoms with Crippen molar-refractivity contribution < 1.29 is 19.8 Å². The van der Waals surface area contributed by atoms with Crippen molar-refractivity contribution in [2.24, 2.45) is 11.8 Å². The first-order chi connectivity index (χ1) is 7.97. The van der Waals surface area contributed by atoms with Gasteiger partial charge in [-0.1, -0.05) is 13.3 Å². The predicted octanol–water partition coefficient (Wildman–Crippen LogP) is 0.471. The first-order valence-corrected chi connectivity index (χ1v) is 6.21. The van der Waals surface area contributed by atoms with Crippen molar-refractivity contribution in [3.8, 4) is 0 Å². The van der Waals surface area contributed by atoms with Crippen LogP contribution in [0.4, 0.5) is 0 Å². The summed E-state index contributed by atoms with van der Waals surface area (Å²) in [4.78, 5) is 24.7. The number of carboxylic acid groups (broad SMARTS) is 1. The Morgan fingerprint density at radius 3 is 2.41 bits per heavy atom. The molecule has 0 bridgehead atoms. The number of carbonyl (C=O) groups excluding carboxylic acids is 1. The molecule has 0 radical (unpaired) electrons. The molecule has 2 N–H and O–H groups in total. The summed E-state index contributed by atoms with van der Waals surface area (Å²) in [7, 11) is 0. The van der Waals surface area contributed by atoms with Gasteiger partial charge in [-0.25, -0.2) is 0 Å². The van der Waals surface area contributed by atoms with Crippen molar-refractivity contribution in [1.29, 1.82) is 0 Å². The molecule has 1 heterocycles. The Labute approximate surface area is 100 Å². The zero-order valence-corrected chi connectivity index (χ0v) is 10.1. The molecule has 0 aromatic rings. The third kappa shape index (κ3) is 2.16. The first kappa shape index (κ1) is 12.4. The number of amides is 1. The quantitative estimate of drug-likeness (QED) is 0.753. The number of likely N-dealkylation sites (tertiary alicyclic amines) is 1. The van der Waals surface area contributed by atoms with Gasteiger partial charge in [-0.2, -0.15) is 0 Å². The normalized spacial score (nSPS) is 31.1. The fourth-order valence-corrected chi connectivity index (χ4v) is 2.83. The lowest BCUT2D eigenvalue weighted by Gasteiger charge is -2.47. The SMILES string of the molecule is CCC1(O)CN(C(=O)[C@@H]2CCC[C@@H]2C(=O)O)C1. The number of carbonyl (C=O) groups is 2. The van der Waals surface area contributed by atoms with Crippen LogP contribution in [0.1, 0.15) is 32.6 Å². The molecule has 2 rings (SSSR count). The van der Waals surface area contributed by atoms with E-state index in [4.69, 9.17) is 5.11 Å². The van der Waals surface area contributed by atoms with Crippen molar-refractivity contribution in [2.75, 3.05) is 13.1 Å². The van der Waals surface area contributed by atoms with Gasteiger partial charge in [0.25, 0.3) is 0 Å². The van der Waals surface area contributed by atoms with Gasteiger partial charge in [0.1, 0.15) is 0 Å². The van der Waals surface area contributed by atoms with Gasteiger partial charge >= 0.3 is 5.97 Å². The van der Waals surface area contributed by atoms with E-state index in [-0.39, 0.29) is 11.8 Å². The molecule has 2 aliphatic rings. The Morgan fingerprint density at radius 2 is 1.88 bits per heavy atom. The Bertz CT molecular complexity index is 335. The number of nitrogens with zero attached hydrogens (tertiary/aromatic N) is 1. The molecule has 0 spiro atoms. The van der Waals surface area contributed by atoms with Crippen LogP contribution in [0, 0.1) is 11.8 Å². The highest BCUT2D eigenvalue weighted by Crippen LogP contribution is 2.36. The number of rotatable bonds is 3. The summed E-state index contributed by atoms with van der Waals surface area (Å²) in [6, 6.07) is 0. The van der Waals surface area contributed by atoms with Crippen LogP contribution in [-0.2, 0) is 9.59 Å². The predicted molar refractivity (Wildman–Crippen MR) is 60.3 cm³/mol. The summed E-state index contributed by atoms with van der Waals surface area (Å²) in [6.07, 6.45) is 2.69. The zero-order valence-electron chi connectivity index (χ0n) is 10.1. The third-order valence-corrected chi connectivity index (χ3v) is 4.09. The monoisotopic (exact) mass is 241 g/mol. The number of β-amino-alcohol motifs (C(OH)–C–C–N with tert-alkyl or cyclic N) is 1. The maximum Gasteiger partial charge on any atom is 0.307 e. The van der Waals surface area contributed by atoms with Crippen molar-refractivity contribution in [3.63, 3.8) is 0 Å². The molecular weight excluding hydrogens is 222 g/mol. The minimum absolute atomic E-state index is 0.0898. The van der Waals surface area contributed by atoms with Crippen LogP contribution >= 0.6 is 0 Å². The largest absolute Gasteiger partial charge is 0.481 e. The Hall–Kier alpha value is -1.10. The van der Waals surface area contributed by atoms with Gasteiger partial charge in [0.15, 0.2) is 0 Å². The molecule has 96 valence electrons. The first-order valence-electron chi connectivity index (χ1n) is 6.21. The van der Waals surface area contributed by atoms with Crippen molar-refractivity contribution >= 4 is 11.9 Å². The average Bonchev–Trinajstić information content (AvgIpc) is 2.72. The molecule has 1 aliphatic carbocycles. The molecule has 2 fully saturated rings. The summed E-state index contributed by atoms with van der Waals surface area (Å²) in [5, 5.41) is 18.9. The number of aliphatic hydroxyl groups is 1. The highest BCUT2D eigenvalue weighted by atomic mass is 16.4. The Balaban J connectivity index is 1.95. The molecule has 1 amide bonds. The second-order valence-corrected chi connectivity index (χ2v) is 5.25. The molecule has 0 aromatic heterocycles. The topological polar surface area (TPSA) is 77.8 Å². The lowest BCUT2D eigenvalue weighted by molar-refractivity contribution is -0.164. The van der Waals surface area contributed by atoms with E-state index >= 15 is 0 Å². The summed E-state index contributed by atoms with van der Waals surface area (Å²) in [5.41, 5.74) is -0.743. The van der Waals surface area contributed by atoms with Crippen molar-refractivity contribution in [2.45, 2.75) is 38.2 Å². The maximum atomic E-state index is 12.1. The molecule has 0 unspecified atom stereocenters. The maximum absolute atomic E-state index is 12.1. The summed E-state index contributed by atoms with van der Waals surface area (Å²) in [5.74, 6) is -1.87. The Kier molecular flexibility index (Phi) is 3.12. The van der Waals surface area contributed by atoms with Gasteiger partial charge in [0, 0.05) is 0 Å².